The fraction of sp³-hybridized carbons (Fsp3) is 0.125. The minimum Gasteiger partial charge on any atom is -0.493 e. The average Bonchev–Trinajstić information content (AvgIpc) is 3.09. The molecule has 0 radical (unpaired) electrons. The Balaban J connectivity index is 1.86. The van der Waals surface area contributed by atoms with E-state index in [0.717, 1.165) is 0 Å². The molecule has 0 fully saturated rings. The normalized spacial score (nSPS) is 11.1. The molecule has 0 bridgehead atoms. The lowest BCUT2D eigenvalue weighted by molar-refractivity contribution is 0.354. The molecule has 2 aromatic heterocycles. The number of pyridine rings is 1. The number of thiazole rings is 1. The van der Waals surface area contributed by atoms with Gasteiger partial charge in [0.2, 0.25) is 0 Å². The maximum atomic E-state index is 12.6. The Labute approximate surface area is 149 Å². The molecule has 0 saturated heterocycles. The van der Waals surface area contributed by atoms with Gasteiger partial charge in [0.05, 0.1) is 24.8 Å². The van der Waals surface area contributed by atoms with Gasteiger partial charge < -0.3 is 9.47 Å². The minimum atomic E-state index is -3.80. The number of hydrogen-bond acceptors (Lipinski definition) is 7. The van der Waals surface area contributed by atoms with Crippen molar-refractivity contribution in [3.8, 4) is 22.9 Å². The second-order valence-electron chi connectivity index (χ2n) is 4.88. The third kappa shape index (κ3) is 3.72. The van der Waals surface area contributed by atoms with Crippen molar-refractivity contribution < 1.29 is 17.9 Å². The van der Waals surface area contributed by atoms with Gasteiger partial charge in [0.15, 0.2) is 16.6 Å². The predicted octanol–water partition coefficient (Wildman–Crippen LogP) is 3.02. The number of anilines is 1. The van der Waals surface area contributed by atoms with Gasteiger partial charge in [-0.25, -0.2) is 13.4 Å². The predicted molar refractivity (Wildman–Crippen MR) is 95.7 cm³/mol. The van der Waals surface area contributed by atoms with Gasteiger partial charge in [-0.2, -0.15) is 0 Å². The van der Waals surface area contributed by atoms with E-state index in [1.807, 2.05) is 12.1 Å². The molecule has 0 aliphatic carbocycles. The van der Waals surface area contributed by atoms with E-state index in [-0.39, 0.29) is 10.0 Å². The molecule has 1 aromatic carbocycles. The van der Waals surface area contributed by atoms with E-state index in [0.29, 0.717) is 22.9 Å². The van der Waals surface area contributed by atoms with Crippen molar-refractivity contribution in [1.82, 2.24) is 9.97 Å². The Morgan fingerprint density at radius 2 is 1.84 bits per heavy atom. The van der Waals surface area contributed by atoms with E-state index in [4.69, 9.17) is 9.47 Å². The van der Waals surface area contributed by atoms with E-state index in [9.17, 15) is 8.42 Å². The summed E-state index contributed by atoms with van der Waals surface area (Å²) in [4.78, 5) is 8.53. The Kier molecular flexibility index (Phi) is 4.86. The molecule has 3 aromatic rings. The van der Waals surface area contributed by atoms with Crippen LogP contribution < -0.4 is 14.2 Å². The number of ether oxygens (including phenoxy) is 2. The third-order valence-electron chi connectivity index (χ3n) is 3.32. The Morgan fingerprint density at radius 3 is 2.52 bits per heavy atom. The van der Waals surface area contributed by atoms with Gasteiger partial charge in [-0.1, -0.05) is 6.07 Å². The molecular weight excluding hydrogens is 362 g/mol. The van der Waals surface area contributed by atoms with Crippen molar-refractivity contribution in [2.45, 2.75) is 4.90 Å². The number of hydrogen-bond donors (Lipinski definition) is 1. The summed E-state index contributed by atoms with van der Waals surface area (Å²) >= 11 is 1.19. The largest absolute Gasteiger partial charge is 0.493 e. The maximum Gasteiger partial charge on any atom is 0.263 e. The van der Waals surface area contributed by atoms with Crippen molar-refractivity contribution in [3.63, 3.8) is 0 Å². The zero-order chi connectivity index (χ0) is 17.9. The maximum absolute atomic E-state index is 12.6. The first-order chi connectivity index (χ1) is 12.0. The van der Waals surface area contributed by atoms with Crippen LogP contribution in [0.15, 0.2) is 52.9 Å². The summed E-state index contributed by atoms with van der Waals surface area (Å²) in [6.45, 7) is 0. The Morgan fingerprint density at radius 1 is 1.04 bits per heavy atom. The summed E-state index contributed by atoms with van der Waals surface area (Å²) in [5.74, 6) is 0.784. The van der Waals surface area contributed by atoms with Crippen molar-refractivity contribution in [3.05, 3.63) is 48.0 Å². The summed E-state index contributed by atoms with van der Waals surface area (Å²) in [7, 11) is -0.867. The van der Waals surface area contributed by atoms with Gasteiger partial charge in [0.25, 0.3) is 10.0 Å². The zero-order valence-electron chi connectivity index (χ0n) is 13.5. The van der Waals surface area contributed by atoms with E-state index in [2.05, 4.69) is 14.7 Å². The van der Waals surface area contributed by atoms with Crippen molar-refractivity contribution in [2.24, 2.45) is 0 Å². The van der Waals surface area contributed by atoms with Crippen LogP contribution in [0.2, 0.25) is 0 Å². The van der Waals surface area contributed by atoms with E-state index in [1.165, 1.54) is 43.8 Å². The number of sulfonamides is 1. The monoisotopic (exact) mass is 377 g/mol. The zero-order valence-corrected chi connectivity index (χ0v) is 15.1. The highest BCUT2D eigenvalue weighted by Crippen LogP contribution is 2.31. The lowest BCUT2D eigenvalue weighted by Gasteiger charge is -2.10. The molecule has 9 heteroatoms. The van der Waals surface area contributed by atoms with E-state index in [1.54, 1.807) is 17.6 Å². The summed E-state index contributed by atoms with van der Waals surface area (Å²) in [5, 5.41) is 2.00. The van der Waals surface area contributed by atoms with Crippen LogP contribution in [-0.2, 0) is 10.0 Å². The highest BCUT2D eigenvalue weighted by Gasteiger charge is 2.19. The van der Waals surface area contributed by atoms with Crippen LogP contribution in [0.5, 0.6) is 11.5 Å². The molecule has 7 nitrogen and oxygen atoms in total. The summed E-state index contributed by atoms with van der Waals surface area (Å²) in [6.07, 6.45) is 1.65. The van der Waals surface area contributed by atoms with Crippen LogP contribution in [-0.4, -0.2) is 32.6 Å². The smallest absolute Gasteiger partial charge is 0.263 e. The van der Waals surface area contributed by atoms with Crippen LogP contribution >= 0.6 is 11.3 Å². The molecule has 2 heterocycles. The number of nitrogens with zero attached hydrogens (tertiary/aromatic N) is 2. The first-order valence-electron chi connectivity index (χ1n) is 7.15. The van der Waals surface area contributed by atoms with Gasteiger partial charge in [0, 0.05) is 17.6 Å². The van der Waals surface area contributed by atoms with Crippen molar-refractivity contribution in [1.29, 1.82) is 0 Å². The standard InChI is InChI=1S/C16H15N3O4S2/c1-22-14-7-6-11(9-15(14)23-2)25(20,21)19-16-18-13(10-24-16)12-5-3-4-8-17-12/h3-10H,1-2H3,(H,18,19). The Bertz CT molecular complexity index is 972. The first kappa shape index (κ1) is 17.2. The van der Waals surface area contributed by atoms with Gasteiger partial charge in [-0.15, -0.1) is 11.3 Å². The SMILES string of the molecule is COc1ccc(S(=O)(=O)Nc2nc(-c3ccccn3)cs2)cc1OC. The molecule has 0 aliphatic heterocycles. The van der Waals surface area contributed by atoms with E-state index >= 15 is 0 Å². The van der Waals surface area contributed by atoms with Crippen LogP contribution in [0.4, 0.5) is 5.13 Å². The summed E-state index contributed by atoms with van der Waals surface area (Å²) in [5.41, 5.74) is 1.28. The number of benzene rings is 1. The number of rotatable bonds is 6. The Hall–Kier alpha value is -2.65. The van der Waals surface area contributed by atoms with Crippen LogP contribution in [0, 0.1) is 0 Å². The molecule has 130 valence electrons. The number of aromatic nitrogens is 2. The molecule has 0 aliphatic rings. The molecule has 0 unspecified atom stereocenters. The first-order valence-corrected chi connectivity index (χ1v) is 9.51. The molecule has 0 amide bonds. The molecular formula is C16H15N3O4S2. The fourth-order valence-electron chi connectivity index (χ4n) is 2.11. The summed E-state index contributed by atoms with van der Waals surface area (Å²) < 4.78 is 37.8. The van der Waals surface area contributed by atoms with Crippen molar-refractivity contribution in [2.75, 3.05) is 18.9 Å². The molecule has 0 spiro atoms. The second kappa shape index (κ2) is 7.08. The number of methoxy groups -OCH3 is 2. The third-order valence-corrected chi connectivity index (χ3v) is 5.54. The summed E-state index contributed by atoms with van der Waals surface area (Å²) in [6, 6.07) is 9.83. The molecule has 25 heavy (non-hydrogen) atoms. The minimum absolute atomic E-state index is 0.0553. The topological polar surface area (TPSA) is 90.4 Å². The van der Waals surface area contributed by atoms with Crippen LogP contribution in [0.3, 0.4) is 0 Å². The molecule has 0 atom stereocenters. The second-order valence-corrected chi connectivity index (χ2v) is 7.42. The van der Waals surface area contributed by atoms with Gasteiger partial charge in [-0.05, 0) is 24.3 Å². The quantitative estimate of drug-likeness (QED) is 0.710. The highest BCUT2D eigenvalue weighted by molar-refractivity contribution is 7.93. The van der Waals surface area contributed by atoms with Crippen molar-refractivity contribution >= 4 is 26.5 Å². The van der Waals surface area contributed by atoms with Gasteiger partial charge >= 0.3 is 0 Å². The molecule has 0 saturated carbocycles. The fourth-order valence-corrected chi connectivity index (χ4v) is 4.08. The van der Waals surface area contributed by atoms with Gasteiger partial charge in [-0.3, -0.25) is 9.71 Å². The lowest BCUT2D eigenvalue weighted by Crippen LogP contribution is -2.13. The lowest BCUT2D eigenvalue weighted by atomic mass is 10.3. The molecule has 1 N–H and O–H groups in total. The number of nitrogens with one attached hydrogen (secondary N) is 1. The molecule has 3 rings (SSSR count). The van der Waals surface area contributed by atoms with Gasteiger partial charge in [0.1, 0.15) is 5.69 Å². The highest BCUT2D eigenvalue weighted by atomic mass is 32.2. The average molecular weight is 377 g/mol. The van der Waals surface area contributed by atoms with E-state index < -0.39 is 10.0 Å². The van der Waals surface area contributed by atoms with Crippen LogP contribution in [0.1, 0.15) is 0 Å². The van der Waals surface area contributed by atoms with Crippen LogP contribution in [0.25, 0.3) is 11.4 Å².